The van der Waals surface area contributed by atoms with Crippen molar-refractivity contribution in [2.45, 2.75) is 57.3 Å². The van der Waals surface area contributed by atoms with Crippen LogP contribution in [0.2, 0.25) is 0 Å². The number of amides is 2. The molecule has 192 valence electrons. The van der Waals surface area contributed by atoms with E-state index in [9.17, 15) is 14.7 Å². The number of hydrogen-bond acceptors (Lipinski definition) is 7. The molecule has 4 rings (SSSR count). The number of pyridine rings is 1. The van der Waals surface area contributed by atoms with E-state index >= 15 is 0 Å². The Morgan fingerprint density at radius 2 is 1.97 bits per heavy atom. The predicted octanol–water partition coefficient (Wildman–Crippen LogP) is 2.90. The van der Waals surface area contributed by atoms with Crippen LogP contribution in [0.3, 0.4) is 0 Å². The van der Waals surface area contributed by atoms with Crippen LogP contribution in [0.15, 0.2) is 47.2 Å². The average Bonchev–Trinajstić information content (AvgIpc) is 2.75. The minimum Gasteiger partial charge on any atom is -0.490 e. The molecular formula is C26H31BrN4O5. The van der Waals surface area contributed by atoms with Crippen LogP contribution in [0, 0.1) is 5.41 Å². The molecule has 1 heterocycles. The summed E-state index contributed by atoms with van der Waals surface area (Å²) in [6.07, 6.45) is 6.19. The van der Waals surface area contributed by atoms with Gasteiger partial charge in [0.25, 0.3) is 11.8 Å². The third kappa shape index (κ3) is 5.99. The zero-order valence-electron chi connectivity index (χ0n) is 20.3. The molecule has 0 atom stereocenters. The van der Waals surface area contributed by atoms with Gasteiger partial charge in [-0.15, -0.1) is 0 Å². The summed E-state index contributed by atoms with van der Waals surface area (Å²) >= 11 is 3.40. The van der Waals surface area contributed by atoms with Crippen LogP contribution < -0.4 is 26.3 Å². The van der Waals surface area contributed by atoms with Crippen molar-refractivity contribution in [3.8, 4) is 11.5 Å². The van der Waals surface area contributed by atoms with Crippen LogP contribution in [0.25, 0.3) is 5.57 Å². The first-order valence-electron chi connectivity index (χ1n) is 11.8. The second-order valence-corrected chi connectivity index (χ2v) is 11.2. The van der Waals surface area contributed by atoms with Gasteiger partial charge in [0.15, 0.2) is 0 Å². The van der Waals surface area contributed by atoms with Crippen molar-refractivity contribution in [3.05, 3.63) is 58.5 Å². The molecule has 6 N–H and O–H groups in total. The van der Waals surface area contributed by atoms with E-state index in [1.807, 2.05) is 0 Å². The van der Waals surface area contributed by atoms with Crippen LogP contribution in [0.1, 0.15) is 55.6 Å². The maximum Gasteiger partial charge on any atom is 0.255 e. The van der Waals surface area contributed by atoms with Crippen molar-refractivity contribution in [2.75, 3.05) is 6.61 Å². The fourth-order valence-electron chi connectivity index (χ4n) is 4.81. The summed E-state index contributed by atoms with van der Waals surface area (Å²) in [6, 6.07) is 8.57. The van der Waals surface area contributed by atoms with Crippen molar-refractivity contribution >= 4 is 33.3 Å². The van der Waals surface area contributed by atoms with Crippen molar-refractivity contribution in [1.82, 2.24) is 10.3 Å². The van der Waals surface area contributed by atoms with Crippen molar-refractivity contribution in [2.24, 2.45) is 16.9 Å². The molecule has 1 spiro atoms. The van der Waals surface area contributed by atoms with Crippen LogP contribution in [0.5, 0.6) is 11.5 Å². The van der Waals surface area contributed by atoms with Crippen LogP contribution in [0.4, 0.5) is 0 Å². The fraction of sp³-hybridized carbons (Fsp3) is 0.423. The molecule has 2 fully saturated rings. The summed E-state index contributed by atoms with van der Waals surface area (Å²) in [4.78, 5) is 28.8. The molecule has 1 aromatic carbocycles. The SMILES string of the molecule is CC(C)(O)COc1ccc(C(=CN)C(=O)NC2CC3(C2)CC(Oc2cc(Br)ccc2C(N)=O)C3)nc1. The summed E-state index contributed by atoms with van der Waals surface area (Å²) in [5.41, 5.74) is 11.5. The molecule has 36 heavy (non-hydrogen) atoms. The molecule has 0 bridgehead atoms. The van der Waals surface area contributed by atoms with Crippen molar-refractivity contribution < 1.29 is 24.2 Å². The lowest BCUT2D eigenvalue weighted by Gasteiger charge is -2.57. The van der Waals surface area contributed by atoms with Gasteiger partial charge in [0, 0.05) is 16.7 Å². The number of aromatic nitrogens is 1. The van der Waals surface area contributed by atoms with Gasteiger partial charge in [-0.2, -0.15) is 0 Å². The van der Waals surface area contributed by atoms with E-state index < -0.39 is 11.5 Å². The normalized spacial score (nSPS) is 23.4. The van der Waals surface area contributed by atoms with E-state index in [0.717, 1.165) is 30.2 Å². The van der Waals surface area contributed by atoms with Gasteiger partial charge in [-0.3, -0.25) is 14.6 Å². The maximum absolute atomic E-state index is 12.8. The van der Waals surface area contributed by atoms with Gasteiger partial charge in [-0.1, -0.05) is 15.9 Å². The number of halogens is 1. The molecule has 2 amide bonds. The number of rotatable bonds is 9. The molecule has 2 saturated carbocycles. The Balaban J connectivity index is 1.26. The lowest BCUT2D eigenvalue weighted by molar-refractivity contribution is -0.122. The van der Waals surface area contributed by atoms with Gasteiger partial charge >= 0.3 is 0 Å². The quantitative estimate of drug-likeness (QED) is 0.345. The molecule has 10 heteroatoms. The Kier molecular flexibility index (Phi) is 7.28. The van der Waals surface area contributed by atoms with Gasteiger partial charge in [0.2, 0.25) is 0 Å². The second-order valence-electron chi connectivity index (χ2n) is 10.3. The van der Waals surface area contributed by atoms with E-state index in [0.29, 0.717) is 22.8 Å². The van der Waals surface area contributed by atoms with Gasteiger partial charge < -0.3 is 31.4 Å². The first kappa shape index (κ1) is 26.0. The fourth-order valence-corrected chi connectivity index (χ4v) is 5.15. The lowest BCUT2D eigenvalue weighted by Crippen LogP contribution is -2.58. The monoisotopic (exact) mass is 558 g/mol. The summed E-state index contributed by atoms with van der Waals surface area (Å²) in [5, 5.41) is 12.8. The first-order chi connectivity index (χ1) is 17.0. The summed E-state index contributed by atoms with van der Waals surface area (Å²) < 4.78 is 12.4. The minimum absolute atomic E-state index is 0.00916. The zero-order chi connectivity index (χ0) is 26.1. The average molecular weight is 559 g/mol. The molecule has 0 saturated heterocycles. The first-order valence-corrected chi connectivity index (χ1v) is 12.6. The second kappa shape index (κ2) is 10.1. The number of aliphatic hydroxyl groups is 1. The predicted molar refractivity (Wildman–Crippen MR) is 138 cm³/mol. The number of carbonyl (C=O) groups is 2. The molecule has 2 aromatic rings. The molecule has 2 aliphatic rings. The topological polar surface area (TPSA) is 150 Å². The molecule has 2 aliphatic carbocycles. The number of ether oxygens (including phenoxy) is 2. The Bertz CT molecular complexity index is 1160. The summed E-state index contributed by atoms with van der Waals surface area (Å²) in [6.45, 7) is 3.43. The highest BCUT2D eigenvalue weighted by Crippen LogP contribution is 2.57. The number of nitrogens with zero attached hydrogens (tertiary/aromatic N) is 1. The molecule has 1 aromatic heterocycles. The smallest absolute Gasteiger partial charge is 0.255 e. The van der Waals surface area contributed by atoms with Crippen molar-refractivity contribution in [3.63, 3.8) is 0 Å². The standard InChI is InChI=1S/C26H31BrN4O5/c1-25(2,34)14-35-17-4-6-21(30-13-17)20(12-28)24(33)31-16-8-26(9-16)10-18(11-26)36-22-7-15(27)3-5-19(22)23(29)32/h3-7,12-13,16,18,34H,8-11,14,28H2,1-2H3,(H2,29,32)(H,31,33). The maximum atomic E-state index is 12.8. The Labute approximate surface area is 218 Å². The molecule has 0 unspecified atom stereocenters. The van der Waals surface area contributed by atoms with Crippen LogP contribution in [-0.2, 0) is 4.79 Å². The third-order valence-electron chi connectivity index (χ3n) is 6.53. The summed E-state index contributed by atoms with van der Waals surface area (Å²) in [5.74, 6) is 0.184. The van der Waals surface area contributed by atoms with E-state index in [2.05, 4.69) is 26.2 Å². The van der Waals surface area contributed by atoms with E-state index in [-0.39, 0.29) is 35.6 Å². The van der Waals surface area contributed by atoms with Gasteiger partial charge in [0.05, 0.1) is 34.7 Å². The Hall–Kier alpha value is -3.11. The lowest BCUT2D eigenvalue weighted by atomic mass is 9.53. The third-order valence-corrected chi connectivity index (χ3v) is 7.03. The Morgan fingerprint density at radius 1 is 1.25 bits per heavy atom. The largest absolute Gasteiger partial charge is 0.490 e. The molecule has 9 nitrogen and oxygen atoms in total. The zero-order valence-corrected chi connectivity index (χ0v) is 21.9. The van der Waals surface area contributed by atoms with Gasteiger partial charge in [-0.25, -0.2) is 0 Å². The highest BCUT2D eigenvalue weighted by Gasteiger charge is 2.54. The number of primary amides is 1. The van der Waals surface area contributed by atoms with Crippen LogP contribution >= 0.6 is 15.9 Å². The molecular weight excluding hydrogens is 528 g/mol. The number of nitrogens with two attached hydrogens (primary N) is 2. The van der Waals surface area contributed by atoms with Gasteiger partial charge in [0.1, 0.15) is 18.1 Å². The van der Waals surface area contributed by atoms with E-state index in [4.69, 9.17) is 20.9 Å². The Morgan fingerprint density at radius 3 is 2.56 bits per heavy atom. The number of benzene rings is 1. The highest BCUT2D eigenvalue weighted by atomic mass is 79.9. The number of nitrogens with one attached hydrogen (secondary N) is 1. The van der Waals surface area contributed by atoms with E-state index in [1.54, 1.807) is 44.2 Å². The number of hydrogen-bond donors (Lipinski definition) is 4. The van der Waals surface area contributed by atoms with Crippen LogP contribution in [-0.4, -0.2) is 46.3 Å². The van der Waals surface area contributed by atoms with Crippen molar-refractivity contribution in [1.29, 1.82) is 0 Å². The molecule has 0 aliphatic heterocycles. The van der Waals surface area contributed by atoms with E-state index in [1.165, 1.54) is 12.4 Å². The number of carbonyl (C=O) groups excluding carboxylic acids is 2. The highest BCUT2D eigenvalue weighted by molar-refractivity contribution is 9.10. The van der Waals surface area contributed by atoms with Gasteiger partial charge in [-0.05, 0) is 75.3 Å². The minimum atomic E-state index is -0.960. The summed E-state index contributed by atoms with van der Waals surface area (Å²) in [7, 11) is 0. The molecule has 0 radical (unpaired) electrons.